The van der Waals surface area contributed by atoms with Crippen molar-refractivity contribution in [1.82, 2.24) is 16.0 Å². The maximum Gasteiger partial charge on any atom is 0.514 e. The Hall–Kier alpha value is -5.29. The van der Waals surface area contributed by atoms with Gasteiger partial charge in [-0.3, -0.25) is 24.5 Å². The molecule has 2 aromatic carbocycles. The predicted molar refractivity (Wildman–Crippen MR) is 194 cm³/mol. The fourth-order valence-electron chi connectivity index (χ4n) is 4.04. The van der Waals surface area contributed by atoms with Crippen LogP contribution in [-0.2, 0) is 30.5 Å². The van der Waals surface area contributed by atoms with E-state index < -0.39 is 35.0 Å². The molecule has 0 heterocycles. The zero-order valence-electron chi connectivity index (χ0n) is 30.7. The number of amides is 5. The van der Waals surface area contributed by atoms with Crippen molar-refractivity contribution in [3.63, 3.8) is 0 Å². The monoisotopic (exact) mass is 731 g/mol. The van der Waals surface area contributed by atoms with Crippen LogP contribution >= 0.6 is 0 Å². The molecule has 0 aromatic heterocycles. The minimum atomic E-state index is -0.987. The number of nitrogens with zero attached hydrogens (tertiary/aromatic N) is 1. The molecular formula is C35H53N7O10. The summed E-state index contributed by atoms with van der Waals surface area (Å²) in [5, 5.41) is 21.1. The van der Waals surface area contributed by atoms with Gasteiger partial charge in [0.2, 0.25) is 17.7 Å². The van der Waals surface area contributed by atoms with Crippen LogP contribution < -0.4 is 37.5 Å². The topological polar surface area (TPSA) is 256 Å². The maximum absolute atomic E-state index is 12.8. The summed E-state index contributed by atoms with van der Waals surface area (Å²) in [4.78, 5) is 69.6. The summed E-state index contributed by atoms with van der Waals surface area (Å²) in [5.74, 6) is -1.35. The van der Waals surface area contributed by atoms with E-state index in [9.17, 15) is 34.1 Å². The molecule has 2 aromatic rings. The molecule has 0 bridgehead atoms. The molecule has 0 fully saturated rings. The largest absolute Gasteiger partial charge is 0.514 e. The van der Waals surface area contributed by atoms with Gasteiger partial charge in [-0.2, -0.15) is 0 Å². The highest BCUT2D eigenvalue weighted by Gasteiger charge is 2.25. The van der Waals surface area contributed by atoms with Crippen LogP contribution in [-0.4, -0.2) is 72.2 Å². The van der Waals surface area contributed by atoms with Crippen molar-refractivity contribution in [1.29, 1.82) is 0 Å². The quantitative estimate of drug-likeness (QED) is 0.0523. The first-order chi connectivity index (χ1) is 24.4. The van der Waals surface area contributed by atoms with Crippen LogP contribution in [0.15, 0.2) is 48.5 Å². The van der Waals surface area contributed by atoms with E-state index in [0.717, 1.165) is 6.42 Å². The molecule has 5 amide bonds. The van der Waals surface area contributed by atoms with Crippen LogP contribution in [0.4, 0.5) is 21.0 Å². The number of nitrogens with one attached hydrogen (secondary N) is 4. The minimum Gasteiger partial charge on any atom is -0.429 e. The molecule has 2 unspecified atom stereocenters. The molecule has 288 valence electrons. The Morgan fingerprint density at radius 2 is 1.58 bits per heavy atom. The lowest BCUT2D eigenvalue weighted by atomic mass is 10.0. The molecule has 0 radical (unpaired) electrons. The summed E-state index contributed by atoms with van der Waals surface area (Å²) in [6, 6.07) is 10.2. The average molecular weight is 732 g/mol. The number of carbonyl (C=O) groups is 5. The molecule has 17 nitrogen and oxygen atoms in total. The smallest absolute Gasteiger partial charge is 0.429 e. The van der Waals surface area contributed by atoms with Gasteiger partial charge < -0.3 is 46.9 Å². The van der Waals surface area contributed by atoms with Crippen molar-refractivity contribution >= 4 is 41.3 Å². The van der Waals surface area contributed by atoms with E-state index in [0.29, 0.717) is 37.2 Å². The summed E-state index contributed by atoms with van der Waals surface area (Å²) < 4.78 is 15.7. The number of hydrogen-bond acceptors (Lipinski definition) is 11. The second kappa shape index (κ2) is 23.2. The van der Waals surface area contributed by atoms with Crippen molar-refractivity contribution in [2.75, 3.05) is 25.0 Å². The van der Waals surface area contributed by atoms with E-state index in [-0.39, 0.29) is 54.5 Å². The van der Waals surface area contributed by atoms with Gasteiger partial charge in [-0.1, -0.05) is 32.9 Å². The van der Waals surface area contributed by atoms with Crippen molar-refractivity contribution in [2.24, 2.45) is 17.4 Å². The summed E-state index contributed by atoms with van der Waals surface area (Å²) in [5.41, 5.74) is 11.3. The lowest BCUT2D eigenvalue weighted by molar-refractivity contribution is -0.384. The standard InChI is InChI=1S/C31H43N5O9.C4H10N2O/c1-20(2)28(35-26(37)15-6-21(3)43-17-16-31(4,5)32)29(39)33-18-27(38)34-23-9-7-22(8-10-23)19-44-30(40)45-25-13-11-24(12-14-25)36(41)42;1-2-3-6-4(5)7/h7-14,20-21,28H,6,15-19,32H2,1-5H3,(H,33,39)(H,34,38)(H,35,37);2-3H2,1H3,(H3,5,6,7). The average Bonchev–Trinajstić information content (AvgIpc) is 3.07. The molecule has 2 atom stereocenters. The Balaban J connectivity index is 0.00000174. The number of nitro groups is 1. The summed E-state index contributed by atoms with van der Waals surface area (Å²) >= 11 is 0. The maximum atomic E-state index is 12.8. The van der Waals surface area contributed by atoms with Gasteiger partial charge in [0, 0.05) is 42.9 Å². The Morgan fingerprint density at radius 1 is 0.942 bits per heavy atom. The zero-order valence-corrected chi connectivity index (χ0v) is 30.7. The highest BCUT2D eigenvalue weighted by Crippen LogP contribution is 2.18. The molecule has 0 aliphatic carbocycles. The number of nitrogens with two attached hydrogens (primary N) is 2. The number of ether oxygens (including phenoxy) is 3. The molecule has 52 heavy (non-hydrogen) atoms. The number of anilines is 1. The Morgan fingerprint density at radius 3 is 2.10 bits per heavy atom. The number of rotatable bonds is 19. The molecule has 0 aliphatic heterocycles. The third-order valence-electron chi connectivity index (χ3n) is 7.01. The molecule has 17 heteroatoms. The molecule has 8 N–H and O–H groups in total. The Kier molecular flexibility index (Phi) is 20.0. The summed E-state index contributed by atoms with van der Waals surface area (Å²) in [6.07, 6.45) is 1.18. The van der Waals surface area contributed by atoms with Gasteiger partial charge in [0.05, 0.1) is 17.6 Å². The van der Waals surface area contributed by atoms with Crippen molar-refractivity contribution in [2.45, 2.75) is 91.5 Å². The van der Waals surface area contributed by atoms with Gasteiger partial charge >= 0.3 is 12.2 Å². The zero-order chi connectivity index (χ0) is 39.3. The van der Waals surface area contributed by atoms with Gasteiger partial charge in [-0.25, -0.2) is 9.59 Å². The third kappa shape index (κ3) is 20.4. The molecule has 2 rings (SSSR count). The minimum absolute atomic E-state index is 0.0941. The van der Waals surface area contributed by atoms with Gasteiger partial charge in [-0.15, -0.1) is 0 Å². The first-order valence-corrected chi connectivity index (χ1v) is 16.9. The van der Waals surface area contributed by atoms with Crippen LogP contribution in [0.25, 0.3) is 0 Å². The van der Waals surface area contributed by atoms with E-state index >= 15 is 0 Å². The van der Waals surface area contributed by atoms with Crippen LogP contribution in [0.1, 0.15) is 72.8 Å². The number of hydrogen-bond donors (Lipinski definition) is 6. The van der Waals surface area contributed by atoms with Gasteiger partial charge in [0.25, 0.3) is 5.69 Å². The first kappa shape index (κ1) is 44.7. The van der Waals surface area contributed by atoms with Crippen LogP contribution in [0.3, 0.4) is 0 Å². The van der Waals surface area contributed by atoms with Gasteiger partial charge in [0.15, 0.2) is 0 Å². The molecule has 0 spiro atoms. The molecular weight excluding hydrogens is 678 g/mol. The van der Waals surface area contributed by atoms with Crippen molar-refractivity contribution in [3.05, 3.63) is 64.2 Å². The fourth-order valence-corrected chi connectivity index (χ4v) is 4.04. The third-order valence-corrected chi connectivity index (χ3v) is 7.01. The second-order valence-corrected chi connectivity index (χ2v) is 12.9. The van der Waals surface area contributed by atoms with Gasteiger partial charge in [0.1, 0.15) is 18.4 Å². The molecule has 0 saturated heterocycles. The van der Waals surface area contributed by atoms with E-state index in [1.54, 1.807) is 38.1 Å². The molecule has 0 saturated carbocycles. The number of primary amides is 1. The normalized spacial score (nSPS) is 11.9. The van der Waals surface area contributed by atoms with Crippen LogP contribution in [0, 0.1) is 16.0 Å². The number of urea groups is 1. The lowest BCUT2D eigenvalue weighted by Gasteiger charge is -2.22. The molecule has 0 aliphatic rings. The van der Waals surface area contributed by atoms with Crippen molar-refractivity contribution in [3.8, 4) is 5.75 Å². The number of carbonyl (C=O) groups excluding carboxylic acids is 5. The number of benzene rings is 2. The van der Waals surface area contributed by atoms with Crippen molar-refractivity contribution < 1.29 is 43.1 Å². The van der Waals surface area contributed by atoms with E-state index in [1.165, 1.54) is 24.3 Å². The van der Waals surface area contributed by atoms with Crippen LogP contribution in [0.5, 0.6) is 5.75 Å². The first-order valence-electron chi connectivity index (χ1n) is 16.9. The fraction of sp³-hybridized carbons (Fsp3) is 0.514. The Labute approximate surface area is 304 Å². The highest BCUT2D eigenvalue weighted by atomic mass is 16.7. The van der Waals surface area contributed by atoms with E-state index in [4.69, 9.17) is 25.7 Å². The number of nitro benzene ring substituents is 1. The van der Waals surface area contributed by atoms with Crippen LogP contribution in [0.2, 0.25) is 0 Å². The van der Waals surface area contributed by atoms with E-state index in [2.05, 4.69) is 21.3 Å². The lowest BCUT2D eigenvalue weighted by Crippen LogP contribution is -2.51. The predicted octanol–water partition coefficient (Wildman–Crippen LogP) is 3.88. The summed E-state index contributed by atoms with van der Waals surface area (Å²) in [6.45, 7) is 12.0. The SMILES string of the molecule is CC(CCC(=O)NC(C(=O)NCC(=O)Nc1ccc(COC(=O)Oc2ccc([N+](=O)[O-])cc2)cc1)C(C)C)OCCC(C)(C)N.CCCNC(N)=O. The highest BCUT2D eigenvalue weighted by molar-refractivity contribution is 5.96. The summed E-state index contributed by atoms with van der Waals surface area (Å²) in [7, 11) is 0. The second-order valence-electron chi connectivity index (χ2n) is 12.9. The Bertz CT molecular complexity index is 1450. The van der Waals surface area contributed by atoms with Gasteiger partial charge in [-0.05, 0) is 75.8 Å². The van der Waals surface area contributed by atoms with E-state index in [1.807, 2.05) is 27.7 Å². The number of non-ortho nitro benzene ring substituents is 1.